The van der Waals surface area contributed by atoms with Crippen LogP contribution in [0.2, 0.25) is 0 Å². The third kappa shape index (κ3) is 2.23. The first-order valence-electron chi connectivity index (χ1n) is 5.81. The minimum Gasteiger partial charge on any atom is -0.293 e. The lowest BCUT2D eigenvalue weighted by Gasteiger charge is -2.17. The molecule has 0 saturated carbocycles. The van der Waals surface area contributed by atoms with Crippen molar-refractivity contribution >= 4 is 11.7 Å². The average Bonchev–Trinajstić information content (AvgIpc) is 2.87. The monoisotopic (exact) mass is 249 g/mol. The van der Waals surface area contributed by atoms with Gasteiger partial charge in [0.05, 0.1) is 29.8 Å². The largest absolute Gasteiger partial charge is 0.293 e. The summed E-state index contributed by atoms with van der Waals surface area (Å²) in [6.07, 6.45) is 6.16. The van der Waals surface area contributed by atoms with E-state index in [0.717, 1.165) is 31.7 Å². The van der Waals surface area contributed by atoms with Gasteiger partial charge in [-0.25, -0.2) is 0 Å². The molecule has 0 bridgehead atoms. The lowest BCUT2D eigenvalue weighted by molar-refractivity contribution is 0.258. The summed E-state index contributed by atoms with van der Waals surface area (Å²) in [5.74, 6) is 0. The molecule has 0 aliphatic carbocycles. The standard InChI is InChI=1S/C11H15N5S/c1-15-11-3-2-4-16(7-9(11)5-12-15)8-10-6-13-17-14-10/h5-6H,2-4,7-8H2,1H3. The zero-order valence-electron chi connectivity index (χ0n) is 9.83. The Balaban J connectivity index is 1.76. The van der Waals surface area contributed by atoms with E-state index in [1.54, 1.807) is 0 Å². The summed E-state index contributed by atoms with van der Waals surface area (Å²) < 4.78 is 10.3. The van der Waals surface area contributed by atoms with E-state index in [2.05, 4.69) is 18.7 Å². The van der Waals surface area contributed by atoms with Gasteiger partial charge in [-0.15, -0.1) is 0 Å². The van der Waals surface area contributed by atoms with Crippen molar-refractivity contribution in [2.75, 3.05) is 6.54 Å². The maximum atomic E-state index is 4.34. The van der Waals surface area contributed by atoms with Crippen molar-refractivity contribution in [2.45, 2.75) is 25.9 Å². The summed E-state index contributed by atoms with van der Waals surface area (Å²) >= 11 is 1.28. The molecule has 17 heavy (non-hydrogen) atoms. The van der Waals surface area contributed by atoms with Crippen molar-refractivity contribution in [3.63, 3.8) is 0 Å². The van der Waals surface area contributed by atoms with Crippen molar-refractivity contribution in [1.82, 2.24) is 23.4 Å². The summed E-state index contributed by atoms with van der Waals surface area (Å²) in [6.45, 7) is 2.98. The van der Waals surface area contributed by atoms with E-state index in [9.17, 15) is 0 Å². The Bertz CT molecular complexity index is 490. The molecule has 2 aromatic rings. The van der Waals surface area contributed by atoms with E-state index in [4.69, 9.17) is 0 Å². The van der Waals surface area contributed by atoms with Crippen LogP contribution in [0.1, 0.15) is 23.4 Å². The second kappa shape index (κ2) is 4.54. The Hall–Kier alpha value is -1.27. The molecule has 2 aromatic heterocycles. The van der Waals surface area contributed by atoms with Crippen LogP contribution in [0.4, 0.5) is 0 Å². The lowest BCUT2D eigenvalue weighted by Crippen LogP contribution is -2.22. The van der Waals surface area contributed by atoms with Crippen LogP contribution in [0.5, 0.6) is 0 Å². The normalized spacial score (nSPS) is 16.8. The molecule has 6 heteroatoms. The van der Waals surface area contributed by atoms with Gasteiger partial charge in [0.15, 0.2) is 0 Å². The smallest absolute Gasteiger partial charge is 0.0883 e. The zero-order chi connectivity index (χ0) is 11.7. The highest BCUT2D eigenvalue weighted by atomic mass is 32.1. The van der Waals surface area contributed by atoms with E-state index in [1.807, 2.05) is 24.1 Å². The van der Waals surface area contributed by atoms with Gasteiger partial charge in [-0.2, -0.15) is 13.8 Å². The number of aromatic nitrogens is 4. The highest BCUT2D eigenvalue weighted by Gasteiger charge is 2.18. The van der Waals surface area contributed by atoms with Crippen molar-refractivity contribution in [3.05, 3.63) is 29.3 Å². The topological polar surface area (TPSA) is 46.8 Å². The van der Waals surface area contributed by atoms with Gasteiger partial charge >= 0.3 is 0 Å². The van der Waals surface area contributed by atoms with Gasteiger partial charge in [-0.05, 0) is 19.4 Å². The zero-order valence-corrected chi connectivity index (χ0v) is 10.7. The van der Waals surface area contributed by atoms with Crippen LogP contribution in [-0.2, 0) is 26.6 Å². The van der Waals surface area contributed by atoms with Gasteiger partial charge < -0.3 is 0 Å². The van der Waals surface area contributed by atoms with E-state index >= 15 is 0 Å². The first-order valence-corrected chi connectivity index (χ1v) is 6.54. The Morgan fingerprint density at radius 1 is 1.41 bits per heavy atom. The van der Waals surface area contributed by atoms with Crippen LogP contribution in [0, 0.1) is 0 Å². The second-order valence-electron chi connectivity index (χ2n) is 4.45. The molecule has 0 aromatic carbocycles. The number of nitrogens with zero attached hydrogens (tertiary/aromatic N) is 5. The predicted molar refractivity (Wildman–Crippen MR) is 65.6 cm³/mol. The highest BCUT2D eigenvalue weighted by Crippen LogP contribution is 2.19. The number of hydrogen-bond donors (Lipinski definition) is 0. The molecule has 5 nitrogen and oxygen atoms in total. The molecule has 90 valence electrons. The van der Waals surface area contributed by atoms with Gasteiger partial charge in [-0.1, -0.05) is 0 Å². The van der Waals surface area contributed by atoms with Gasteiger partial charge in [-0.3, -0.25) is 9.58 Å². The van der Waals surface area contributed by atoms with E-state index < -0.39 is 0 Å². The molecule has 0 N–H and O–H groups in total. The quantitative estimate of drug-likeness (QED) is 0.803. The van der Waals surface area contributed by atoms with Gasteiger partial charge in [0.25, 0.3) is 0 Å². The molecular weight excluding hydrogens is 234 g/mol. The SMILES string of the molecule is Cn1ncc2c1CCCN(Cc1cnsn1)C2. The van der Waals surface area contributed by atoms with Crippen LogP contribution in [0.25, 0.3) is 0 Å². The van der Waals surface area contributed by atoms with Gasteiger partial charge in [0, 0.05) is 31.4 Å². The molecular formula is C11H15N5S. The molecule has 0 atom stereocenters. The van der Waals surface area contributed by atoms with Crippen LogP contribution in [0.3, 0.4) is 0 Å². The van der Waals surface area contributed by atoms with Crippen molar-refractivity contribution < 1.29 is 0 Å². The van der Waals surface area contributed by atoms with Gasteiger partial charge in [0.1, 0.15) is 0 Å². The first-order chi connectivity index (χ1) is 8.33. The van der Waals surface area contributed by atoms with Crippen LogP contribution in [-0.4, -0.2) is 30.0 Å². The molecule has 0 amide bonds. The summed E-state index contributed by atoms with van der Waals surface area (Å²) in [5.41, 5.74) is 3.81. The number of aryl methyl sites for hydroxylation is 1. The third-order valence-electron chi connectivity index (χ3n) is 3.22. The minimum atomic E-state index is 0.894. The molecule has 0 unspecified atom stereocenters. The molecule has 0 spiro atoms. The fourth-order valence-corrected chi connectivity index (χ4v) is 2.80. The predicted octanol–water partition coefficient (Wildman–Crippen LogP) is 1.22. The molecule has 1 aliphatic heterocycles. The van der Waals surface area contributed by atoms with Crippen molar-refractivity contribution in [3.8, 4) is 0 Å². The maximum absolute atomic E-state index is 4.34. The van der Waals surface area contributed by atoms with E-state index in [1.165, 1.54) is 29.4 Å². The van der Waals surface area contributed by atoms with Crippen LogP contribution >= 0.6 is 11.7 Å². The Morgan fingerprint density at radius 3 is 3.18 bits per heavy atom. The van der Waals surface area contributed by atoms with Crippen LogP contribution in [0.15, 0.2) is 12.4 Å². The minimum absolute atomic E-state index is 0.894. The molecule has 1 aliphatic rings. The summed E-state index contributed by atoms with van der Waals surface area (Å²) in [6, 6.07) is 0. The number of fused-ring (bicyclic) bond motifs is 1. The Labute approximate surface area is 104 Å². The summed E-state index contributed by atoms with van der Waals surface area (Å²) in [5, 5.41) is 4.34. The molecule has 0 fully saturated rings. The fourth-order valence-electron chi connectivity index (χ4n) is 2.37. The van der Waals surface area contributed by atoms with E-state index in [0.29, 0.717) is 0 Å². The Kier molecular flexibility index (Phi) is 2.90. The molecule has 3 heterocycles. The maximum Gasteiger partial charge on any atom is 0.0883 e. The van der Waals surface area contributed by atoms with Crippen molar-refractivity contribution in [1.29, 1.82) is 0 Å². The van der Waals surface area contributed by atoms with E-state index in [-0.39, 0.29) is 0 Å². The van der Waals surface area contributed by atoms with Crippen LogP contribution < -0.4 is 0 Å². The molecule has 0 radical (unpaired) electrons. The first kappa shape index (κ1) is 10.9. The van der Waals surface area contributed by atoms with Gasteiger partial charge in [0.2, 0.25) is 0 Å². The average molecular weight is 249 g/mol. The molecule has 3 rings (SSSR count). The number of hydrogen-bond acceptors (Lipinski definition) is 5. The summed E-state index contributed by atoms with van der Waals surface area (Å²) in [4.78, 5) is 2.42. The lowest BCUT2D eigenvalue weighted by atomic mass is 10.2. The Morgan fingerprint density at radius 2 is 2.35 bits per heavy atom. The summed E-state index contributed by atoms with van der Waals surface area (Å²) in [7, 11) is 2.03. The number of rotatable bonds is 2. The van der Waals surface area contributed by atoms with Crippen molar-refractivity contribution in [2.24, 2.45) is 7.05 Å². The fraction of sp³-hybridized carbons (Fsp3) is 0.545. The highest BCUT2D eigenvalue weighted by molar-refractivity contribution is 6.99. The molecule has 0 saturated heterocycles. The third-order valence-corrected chi connectivity index (χ3v) is 3.74. The second-order valence-corrected chi connectivity index (χ2v) is 5.01.